The molecule has 0 radical (unpaired) electrons. The predicted octanol–water partition coefficient (Wildman–Crippen LogP) is 1.49. The molecule has 0 fully saturated rings. The van der Waals surface area contributed by atoms with Crippen LogP contribution in [0.1, 0.15) is 5.56 Å². The maximum atomic E-state index is 11.3. The highest BCUT2D eigenvalue weighted by atomic mass is 32.2. The molecule has 0 aliphatic carbocycles. The molecule has 0 aliphatic rings. The molecule has 0 atom stereocenters. The fourth-order valence-electron chi connectivity index (χ4n) is 2.05. The van der Waals surface area contributed by atoms with Crippen molar-refractivity contribution in [2.45, 2.75) is 6.54 Å². The van der Waals surface area contributed by atoms with E-state index >= 15 is 0 Å². The van der Waals surface area contributed by atoms with Gasteiger partial charge in [-0.1, -0.05) is 18.2 Å². The van der Waals surface area contributed by atoms with E-state index in [4.69, 9.17) is 4.74 Å². The zero-order valence-corrected chi connectivity index (χ0v) is 13.0. The Balaban J connectivity index is 1.97. The van der Waals surface area contributed by atoms with E-state index in [1.54, 1.807) is 7.11 Å². The Labute approximate surface area is 125 Å². The lowest BCUT2D eigenvalue weighted by molar-refractivity contribution is 0.415. The van der Waals surface area contributed by atoms with Gasteiger partial charge in [-0.2, -0.15) is 0 Å². The first-order valence-electron chi connectivity index (χ1n) is 6.73. The maximum absolute atomic E-state index is 11.3. The van der Waals surface area contributed by atoms with Crippen molar-refractivity contribution < 1.29 is 13.2 Å². The van der Waals surface area contributed by atoms with E-state index < -0.39 is 10.0 Å². The van der Waals surface area contributed by atoms with Crippen molar-refractivity contribution in [2.24, 2.45) is 0 Å². The maximum Gasteiger partial charge on any atom is 0.212 e. The molecular weight excluding hydrogens is 288 g/mol. The summed E-state index contributed by atoms with van der Waals surface area (Å²) in [6, 6.07) is 12.1. The van der Waals surface area contributed by atoms with Gasteiger partial charge in [0, 0.05) is 13.1 Å². The van der Waals surface area contributed by atoms with Crippen molar-refractivity contribution in [2.75, 3.05) is 26.5 Å². The van der Waals surface area contributed by atoms with E-state index in [0.717, 1.165) is 22.1 Å². The van der Waals surface area contributed by atoms with Crippen LogP contribution in [-0.2, 0) is 16.6 Å². The number of hydrogen-bond acceptors (Lipinski definition) is 4. The van der Waals surface area contributed by atoms with Crippen LogP contribution in [0.2, 0.25) is 0 Å². The van der Waals surface area contributed by atoms with Gasteiger partial charge in [0.2, 0.25) is 10.0 Å². The lowest BCUT2D eigenvalue weighted by atomic mass is 10.1. The lowest BCUT2D eigenvalue weighted by Crippen LogP contribution is -2.29. The standard InChI is InChI=1S/C15H20N2O3S/c1-16-21(18,19)8-7-17-11-12-3-4-14-10-15(20-2)6-5-13(14)9-12/h3-6,9-10,16-17H,7-8,11H2,1-2H3. The number of rotatable bonds is 7. The van der Waals surface area contributed by atoms with Crippen molar-refractivity contribution in [1.29, 1.82) is 0 Å². The zero-order valence-electron chi connectivity index (χ0n) is 12.2. The number of nitrogens with one attached hydrogen (secondary N) is 2. The Hall–Kier alpha value is -1.63. The van der Waals surface area contributed by atoms with Gasteiger partial charge in [0.05, 0.1) is 12.9 Å². The van der Waals surface area contributed by atoms with E-state index in [-0.39, 0.29) is 5.75 Å². The predicted molar refractivity (Wildman–Crippen MR) is 85.1 cm³/mol. The third-order valence-corrected chi connectivity index (χ3v) is 4.66. The molecule has 0 amide bonds. The molecule has 6 heteroatoms. The minimum absolute atomic E-state index is 0.0777. The van der Waals surface area contributed by atoms with Gasteiger partial charge in [0.25, 0.3) is 0 Å². The smallest absolute Gasteiger partial charge is 0.212 e. The molecule has 2 N–H and O–H groups in total. The molecule has 114 valence electrons. The van der Waals surface area contributed by atoms with Crippen LogP contribution in [0.5, 0.6) is 5.75 Å². The summed E-state index contributed by atoms with van der Waals surface area (Å²) in [5.74, 6) is 0.916. The second kappa shape index (κ2) is 6.89. The molecular formula is C15H20N2O3S. The highest BCUT2D eigenvalue weighted by Gasteiger charge is 2.05. The van der Waals surface area contributed by atoms with Gasteiger partial charge in [0.1, 0.15) is 5.75 Å². The molecule has 0 spiro atoms. The molecule has 5 nitrogen and oxygen atoms in total. The molecule has 0 unspecified atom stereocenters. The van der Waals surface area contributed by atoms with Crippen LogP contribution in [0.25, 0.3) is 10.8 Å². The summed E-state index contributed by atoms with van der Waals surface area (Å²) in [6.07, 6.45) is 0. The number of methoxy groups -OCH3 is 1. The van der Waals surface area contributed by atoms with Gasteiger partial charge in [-0.3, -0.25) is 0 Å². The second-order valence-electron chi connectivity index (χ2n) is 4.75. The van der Waals surface area contributed by atoms with Crippen molar-refractivity contribution in [3.8, 4) is 5.75 Å². The number of hydrogen-bond donors (Lipinski definition) is 2. The van der Waals surface area contributed by atoms with Gasteiger partial charge in [0.15, 0.2) is 0 Å². The highest BCUT2D eigenvalue weighted by Crippen LogP contribution is 2.21. The number of fused-ring (bicyclic) bond motifs is 1. The number of ether oxygens (including phenoxy) is 1. The SMILES string of the molecule is CNS(=O)(=O)CCNCc1ccc2cc(OC)ccc2c1. The summed E-state index contributed by atoms with van der Waals surface area (Å²) >= 11 is 0. The molecule has 0 aliphatic heterocycles. The quantitative estimate of drug-likeness (QED) is 0.761. The minimum Gasteiger partial charge on any atom is -0.497 e. The van der Waals surface area contributed by atoms with E-state index in [0.29, 0.717) is 13.1 Å². The van der Waals surface area contributed by atoms with Gasteiger partial charge < -0.3 is 10.1 Å². The Morgan fingerprint density at radius 2 is 1.81 bits per heavy atom. The van der Waals surface area contributed by atoms with E-state index in [1.165, 1.54) is 7.05 Å². The molecule has 0 saturated heterocycles. The van der Waals surface area contributed by atoms with Gasteiger partial charge in [-0.05, 0) is 41.6 Å². The lowest BCUT2D eigenvalue weighted by Gasteiger charge is -2.07. The average Bonchev–Trinajstić information content (AvgIpc) is 2.51. The largest absolute Gasteiger partial charge is 0.497 e. The van der Waals surface area contributed by atoms with E-state index in [2.05, 4.69) is 16.1 Å². The topological polar surface area (TPSA) is 67.4 Å². The Morgan fingerprint density at radius 3 is 2.52 bits per heavy atom. The van der Waals surface area contributed by atoms with Crippen LogP contribution in [0, 0.1) is 0 Å². The van der Waals surface area contributed by atoms with Crippen molar-refractivity contribution in [1.82, 2.24) is 10.0 Å². The summed E-state index contributed by atoms with van der Waals surface area (Å²) in [5, 5.41) is 5.39. The van der Waals surface area contributed by atoms with Gasteiger partial charge in [-0.15, -0.1) is 0 Å². The Bertz CT molecular complexity index is 714. The summed E-state index contributed by atoms with van der Waals surface area (Å²) < 4.78 is 30.1. The molecule has 0 heterocycles. The average molecular weight is 308 g/mol. The van der Waals surface area contributed by atoms with Crippen molar-refractivity contribution in [3.05, 3.63) is 42.0 Å². The Kier molecular flexibility index (Phi) is 5.17. The summed E-state index contributed by atoms with van der Waals surface area (Å²) in [4.78, 5) is 0. The number of sulfonamides is 1. The zero-order chi connectivity index (χ0) is 15.3. The number of benzene rings is 2. The van der Waals surface area contributed by atoms with Crippen LogP contribution >= 0.6 is 0 Å². The fourth-order valence-corrected chi connectivity index (χ4v) is 2.67. The molecule has 0 bridgehead atoms. The highest BCUT2D eigenvalue weighted by molar-refractivity contribution is 7.89. The van der Waals surface area contributed by atoms with Crippen molar-refractivity contribution in [3.63, 3.8) is 0 Å². The molecule has 0 aromatic heterocycles. The monoisotopic (exact) mass is 308 g/mol. The van der Waals surface area contributed by atoms with Crippen LogP contribution in [0.15, 0.2) is 36.4 Å². The van der Waals surface area contributed by atoms with Crippen molar-refractivity contribution >= 4 is 20.8 Å². The van der Waals surface area contributed by atoms with Crippen LogP contribution in [-0.4, -0.2) is 34.9 Å². The van der Waals surface area contributed by atoms with Gasteiger partial charge >= 0.3 is 0 Å². The summed E-state index contributed by atoms with van der Waals surface area (Å²) in [5.41, 5.74) is 1.12. The van der Waals surface area contributed by atoms with E-state index in [9.17, 15) is 8.42 Å². The normalized spacial score (nSPS) is 11.7. The molecule has 21 heavy (non-hydrogen) atoms. The minimum atomic E-state index is -3.14. The summed E-state index contributed by atoms with van der Waals surface area (Å²) in [7, 11) is -0.0677. The van der Waals surface area contributed by atoms with E-state index in [1.807, 2.05) is 30.3 Å². The third kappa shape index (κ3) is 4.42. The first kappa shape index (κ1) is 15.8. The van der Waals surface area contributed by atoms with Gasteiger partial charge in [-0.25, -0.2) is 13.1 Å². The second-order valence-corrected chi connectivity index (χ2v) is 6.79. The molecule has 0 saturated carbocycles. The Morgan fingerprint density at radius 1 is 1.10 bits per heavy atom. The first-order chi connectivity index (χ1) is 10.0. The molecule has 2 aromatic rings. The summed E-state index contributed by atoms with van der Waals surface area (Å²) in [6.45, 7) is 1.06. The van der Waals surface area contributed by atoms with Crippen LogP contribution in [0.4, 0.5) is 0 Å². The molecule has 2 rings (SSSR count). The van der Waals surface area contributed by atoms with Crippen LogP contribution in [0.3, 0.4) is 0 Å². The molecule has 2 aromatic carbocycles. The first-order valence-corrected chi connectivity index (χ1v) is 8.38. The fraction of sp³-hybridized carbons (Fsp3) is 0.333. The van der Waals surface area contributed by atoms with Crippen LogP contribution < -0.4 is 14.8 Å². The third-order valence-electron chi connectivity index (χ3n) is 3.30.